The van der Waals surface area contributed by atoms with E-state index < -0.39 is 0 Å². The highest BCUT2D eigenvalue weighted by Crippen LogP contribution is 2.26. The number of hydrogen-bond acceptors (Lipinski definition) is 4. The highest BCUT2D eigenvalue weighted by atomic mass is 79.9. The molecule has 4 nitrogen and oxygen atoms in total. The molecule has 1 aliphatic rings. The fourth-order valence-corrected chi connectivity index (χ4v) is 2.34. The lowest BCUT2D eigenvalue weighted by Crippen LogP contribution is -2.19. The second kappa shape index (κ2) is 5.38. The average Bonchev–Trinajstić information content (AvgIpc) is 3.07. The van der Waals surface area contributed by atoms with Gasteiger partial charge in [-0.25, -0.2) is 4.39 Å². The molecule has 2 aromatic rings. The van der Waals surface area contributed by atoms with Crippen LogP contribution in [0.4, 0.5) is 4.39 Å². The van der Waals surface area contributed by atoms with Gasteiger partial charge in [0.05, 0.1) is 0 Å². The largest absolute Gasteiger partial charge is 0.339 e. The molecule has 6 heteroatoms. The minimum atomic E-state index is -0.298. The Morgan fingerprint density at radius 2 is 2.26 bits per heavy atom. The zero-order valence-electron chi connectivity index (χ0n) is 10.2. The molecule has 0 spiro atoms. The van der Waals surface area contributed by atoms with Crippen molar-refractivity contribution in [2.75, 3.05) is 6.54 Å². The SMILES string of the molecule is Fc1ccc(-c2noc(CCNC3CC3)n2)c(Br)c1. The van der Waals surface area contributed by atoms with E-state index in [0.717, 1.165) is 12.1 Å². The normalized spacial score (nSPS) is 14.8. The van der Waals surface area contributed by atoms with Crippen molar-refractivity contribution in [2.45, 2.75) is 25.3 Å². The van der Waals surface area contributed by atoms with Crippen LogP contribution >= 0.6 is 15.9 Å². The van der Waals surface area contributed by atoms with E-state index in [4.69, 9.17) is 4.52 Å². The van der Waals surface area contributed by atoms with Crippen LogP contribution in [0, 0.1) is 5.82 Å². The Morgan fingerprint density at radius 3 is 3.00 bits per heavy atom. The van der Waals surface area contributed by atoms with Crippen molar-refractivity contribution >= 4 is 15.9 Å². The molecule has 1 N–H and O–H groups in total. The van der Waals surface area contributed by atoms with Crippen LogP contribution in [0.2, 0.25) is 0 Å². The summed E-state index contributed by atoms with van der Waals surface area (Å²) >= 11 is 3.30. The van der Waals surface area contributed by atoms with E-state index in [0.29, 0.717) is 28.7 Å². The smallest absolute Gasteiger partial charge is 0.228 e. The first-order valence-corrected chi connectivity index (χ1v) is 7.03. The summed E-state index contributed by atoms with van der Waals surface area (Å²) in [6, 6.07) is 5.08. The van der Waals surface area contributed by atoms with Crippen molar-refractivity contribution < 1.29 is 8.91 Å². The molecule has 0 saturated heterocycles. The third kappa shape index (κ3) is 3.19. The standard InChI is InChI=1S/C13H13BrFN3O/c14-11-7-8(15)1-4-10(11)13-17-12(19-18-13)5-6-16-9-2-3-9/h1,4,7,9,16H,2-3,5-6H2. The first kappa shape index (κ1) is 12.7. The minimum Gasteiger partial charge on any atom is -0.339 e. The maximum atomic E-state index is 13.0. The van der Waals surface area contributed by atoms with E-state index in [1.54, 1.807) is 6.07 Å². The molecule has 1 aromatic heterocycles. The fourth-order valence-electron chi connectivity index (χ4n) is 1.81. The Morgan fingerprint density at radius 1 is 1.42 bits per heavy atom. The molecule has 0 aliphatic heterocycles. The van der Waals surface area contributed by atoms with Crippen molar-refractivity contribution in [3.8, 4) is 11.4 Å². The van der Waals surface area contributed by atoms with Gasteiger partial charge in [-0.05, 0) is 47.0 Å². The monoisotopic (exact) mass is 325 g/mol. The molecular formula is C13H13BrFN3O. The lowest BCUT2D eigenvalue weighted by atomic mass is 10.2. The van der Waals surface area contributed by atoms with Crippen molar-refractivity contribution in [1.29, 1.82) is 0 Å². The molecular weight excluding hydrogens is 313 g/mol. The first-order chi connectivity index (χ1) is 9.22. The predicted molar refractivity (Wildman–Crippen MR) is 72.1 cm³/mol. The van der Waals surface area contributed by atoms with Gasteiger partial charge in [0.1, 0.15) is 5.82 Å². The number of benzene rings is 1. The molecule has 0 unspecified atom stereocenters. The molecule has 0 bridgehead atoms. The van der Waals surface area contributed by atoms with Crippen molar-refractivity contribution in [1.82, 2.24) is 15.5 Å². The molecule has 1 aliphatic carbocycles. The fraction of sp³-hybridized carbons (Fsp3) is 0.385. The van der Waals surface area contributed by atoms with Crippen LogP contribution in [0.15, 0.2) is 27.2 Å². The summed E-state index contributed by atoms with van der Waals surface area (Å²) in [7, 11) is 0. The van der Waals surface area contributed by atoms with E-state index in [9.17, 15) is 4.39 Å². The Kier molecular flexibility index (Phi) is 3.61. The van der Waals surface area contributed by atoms with E-state index in [1.165, 1.54) is 25.0 Å². The summed E-state index contributed by atoms with van der Waals surface area (Å²) in [4.78, 5) is 4.32. The second-order valence-corrected chi connectivity index (χ2v) is 5.47. The highest BCUT2D eigenvalue weighted by Gasteiger charge is 2.20. The van der Waals surface area contributed by atoms with Gasteiger partial charge in [-0.3, -0.25) is 0 Å². The minimum absolute atomic E-state index is 0.298. The third-order valence-corrected chi connectivity index (χ3v) is 3.65. The van der Waals surface area contributed by atoms with Gasteiger partial charge in [0.2, 0.25) is 11.7 Å². The zero-order chi connectivity index (χ0) is 13.2. The van der Waals surface area contributed by atoms with E-state index >= 15 is 0 Å². The van der Waals surface area contributed by atoms with Gasteiger partial charge in [-0.15, -0.1) is 0 Å². The van der Waals surface area contributed by atoms with Crippen molar-refractivity contribution in [2.24, 2.45) is 0 Å². The Labute approximate surface area is 118 Å². The molecule has 0 radical (unpaired) electrons. The van der Waals surface area contributed by atoms with Crippen LogP contribution in [-0.4, -0.2) is 22.7 Å². The number of nitrogens with zero attached hydrogens (tertiary/aromatic N) is 2. The van der Waals surface area contributed by atoms with Gasteiger partial charge in [0, 0.05) is 29.0 Å². The summed E-state index contributed by atoms with van der Waals surface area (Å²) in [5, 5.41) is 7.31. The van der Waals surface area contributed by atoms with Gasteiger partial charge >= 0.3 is 0 Å². The molecule has 100 valence electrons. The zero-order valence-corrected chi connectivity index (χ0v) is 11.8. The number of aromatic nitrogens is 2. The van der Waals surface area contributed by atoms with Gasteiger partial charge in [-0.2, -0.15) is 4.98 Å². The number of hydrogen-bond donors (Lipinski definition) is 1. The number of halogens is 2. The molecule has 1 aromatic carbocycles. The second-order valence-electron chi connectivity index (χ2n) is 4.61. The average molecular weight is 326 g/mol. The van der Waals surface area contributed by atoms with Gasteiger partial charge in [-0.1, -0.05) is 5.16 Å². The summed E-state index contributed by atoms with van der Waals surface area (Å²) < 4.78 is 18.8. The summed E-state index contributed by atoms with van der Waals surface area (Å²) in [6.45, 7) is 0.844. The number of rotatable bonds is 5. The van der Waals surface area contributed by atoms with E-state index in [-0.39, 0.29) is 5.82 Å². The first-order valence-electron chi connectivity index (χ1n) is 6.24. The summed E-state index contributed by atoms with van der Waals surface area (Å²) in [5.74, 6) is 0.778. The van der Waals surface area contributed by atoms with Crippen LogP contribution in [0.3, 0.4) is 0 Å². The van der Waals surface area contributed by atoms with Crippen molar-refractivity contribution in [3.05, 3.63) is 34.4 Å². The lowest BCUT2D eigenvalue weighted by molar-refractivity contribution is 0.376. The molecule has 1 heterocycles. The maximum absolute atomic E-state index is 13.0. The Hall–Kier alpha value is -1.27. The predicted octanol–water partition coefficient (Wildman–Crippen LogP) is 2.93. The Balaban J connectivity index is 1.68. The lowest BCUT2D eigenvalue weighted by Gasteiger charge is -1.98. The number of nitrogens with one attached hydrogen (secondary N) is 1. The molecule has 19 heavy (non-hydrogen) atoms. The van der Waals surface area contributed by atoms with Gasteiger partial charge < -0.3 is 9.84 Å². The van der Waals surface area contributed by atoms with Crippen LogP contribution in [0.5, 0.6) is 0 Å². The Bertz CT molecular complexity index is 583. The van der Waals surface area contributed by atoms with E-state index in [1.807, 2.05) is 0 Å². The van der Waals surface area contributed by atoms with Crippen LogP contribution in [0.25, 0.3) is 11.4 Å². The van der Waals surface area contributed by atoms with Crippen molar-refractivity contribution in [3.63, 3.8) is 0 Å². The molecule has 3 rings (SSSR count). The van der Waals surface area contributed by atoms with E-state index in [2.05, 4.69) is 31.4 Å². The maximum Gasteiger partial charge on any atom is 0.228 e. The summed E-state index contributed by atoms with van der Waals surface area (Å²) in [6.07, 6.45) is 3.23. The van der Waals surface area contributed by atoms with Crippen LogP contribution in [0.1, 0.15) is 18.7 Å². The highest BCUT2D eigenvalue weighted by molar-refractivity contribution is 9.10. The molecule has 0 amide bonds. The molecule has 1 saturated carbocycles. The van der Waals surface area contributed by atoms with Gasteiger partial charge in [0.25, 0.3) is 0 Å². The topological polar surface area (TPSA) is 51.0 Å². The third-order valence-electron chi connectivity index (χ3n) is 2.99. The molecule has 0 atom stereocenters. The van der Waals surface area contributed by atoms with Crippen LogP contribution < -0.4 is 5.32 Å². The summed E-state index contributed by atoms with van der Waals surface area (Å²) in [5.41, 5.74) is 0.728. The molecule has 1 fully saturated rings. The quantitative estimate of drug-likeness (QED) is 0.918. The van der Waals surface area contributed by atoms with Crippen LogP contribution in [-0.2, 0) is 6.42 Å². The van der Waals surface area contributed by atoms with Gasteiger partial charge in [0.15, 0.2) is 0 Å².